The minimum atomic E-state index is -4.65. The van der Waals surface area contributed by atoms with Crippen LogP contribution in [0.25, 0.3) is 10.9 Å². The minimum Gasteiger partial charge on any atom is -0.358 e. The van der Waals surface area contributed by atoms with E-state index >= 15 is 0 Å². The quantitative estimate of drug-likeness (QED) is 0.0618. The van der Waals surface area contributed by atoms with Crippen molar-refractivity contribution in [3.05, 3.63) is 77.0 Å². The molecule has 13 nitrogen and oxygen atoms in total. The number of hydrogen-bond donors (Lipinski definition) is 5. The number of hydrogen-bond acceptors (Lipinski definition) is 6. The summed E-state index contributed by atoms with van der Waals surface area (Å²) in [5.41, 5.74) is -1.90. The molecule has 59 heavy (non-hydrogen) atoms. The molecule has 0 spiro atoms. The van der Waals surface area contributed by atoms with E-state index in [-0.39, 0.29) is 60.2 Å². The van der Waals surface area contributed by atoms with Gasteiger partial charge in [0, 0.05) is 24.0 Å². The fraction of sp³-hybridized carbons (Fsp3) is 0.548. The molecule has 0 aliphatic heterocycles. The molecule has 0 bridgehead atoms. The number of aryl methyl sites for hydroxylation is 2. The predicted octanol–water partition coefficient (Wildman–Crippen LogP) is 4.81. The van der Waals surface area contributed by atoms with Crippen LogP contribution in [0.5, 0.6) is 0 Å². The first-order chi connectivity index (χ1) is 27.8. The number of alkyl halides is 3. The van der Waals surface area contributed by atoms with Gasteiger partial charge in [-0.3, -0.25) is 19.2 Å². The van der Waals surface area contributed by atoms with Crippen molar-refractivity contribution in [2.45, 2.75) is 129 Å². The summed E-state index contributed by atoms with van der Waals surface area (Å²) in [5, 5.41) is 20.0. The molecule has 4 aromatic rings. The highest BCUT2D eigenvalue weighted by molar-refractivity contribution is 5.98. The Labute approximate surface area is 341 Å². The molecule has 17 heteroatoms. The zero-order valence-corrected chi connectivity index (χ0v) is 34.7. The van der Waals surface area contributed by atoms with Gasteiger partial charge in [-0.25, -0.2) is 4.39 Å². The van der Waals surface area contributed by atoms with Crippen LogP contribution < -0.4 is 25.9 Å². The molecule has 2 aromatic heterocycles. The molecule has 2 unspecified atom stereocenters. The molecule has 4 amide bonds. The van der Waals surface area contributed by atoms with E-state index in [1.54, 1.807) is 28.7 Å². The number of aromatic nitrogens is 5. The normalized spacial score (nSPS) is 17.7. The van der Waals surface area contributed by atoms with Gasteiger partial charge in [0.1, 0.15) is 40.7 Å². The maximum absolute atomic E-state index is 14.8. The second-order valence-electron chi connectivity index (χ2n) is 16.7. The summed E-state index contributed by atoms with van der Waals surface area (Å²) in [4.78, 5) is 59.2. The van der Waals surface area contributed by atoms with E-state index in [0.29, 0.717) is 37.1 Å². The molecule has 0 fully saturated rings. The zero-order chi connectivity index (χ0) is 43.3. The predicted molar refractivity (Wildman–Crippen MR) is 212 cm³/mol. The summed E-state index contributed by atoms with van der Waals surface area (Å²) in [5.74, 6) is -3.78. The van der Waals surface area contributed by atoms with E-state index in [2.05, 4.69) is 36.7 Å². The highest BCUT2D eigenvalue weighted by atomic mass is 19.4. The molecule has 0 saturated carbocycles. The Bertz CT molecular complexity index is 2140. The van der Waals surface area contributed by atoms with Gasteiger partial charge in [-0.1, -0.05) is 75.6 Å². The van der Waals surface area contributed by atoms with Crippen molar-refractivity contribution < 1.29 is 41.4 Å². The number of fused-ring (bicyclic) bond motifs is 3. The Hall–Kier alpha value is -5.35. The van der Waals surface area contributed by atoms with Crippen molar-refractivity contribution in [1.29, 1.82) is 0 Å². The second-order valence-corrected chi connectivity index (χ2v) is 16.7. The molecular formula is C42H56F4N9O4+. The molecular weight excluding hydrogens is 771 g/mol. The highest BCUT2D eigenvalue weighted by Crippen LogP contribution is 2.40. The van der Waals surface area contributed by atoms with Gasteiger partial charge in [0.15, 0.2) is 5.21 Å². The van der Waals surface area contributed by atoms with Crippen LogP contribution in [0.3, 0.4) is 0 Å². The topological polar surface area (TPSA) is 167 Å². The van der Waals surface area contributed by atoms with Gasteiger partial charge in [-0.15, -0.1) is 4.68 Å². The number of benzene rings is 2. The van der Waals surface area contributed by atoms with Crippen molar-refractivity contribution in [3.63, 3.8) is 0 Å². The molecule has 2 heterocycles. The maximum atomic E-state index is 14.8. The van der Waals surface area contributed by atoms with Crippen molar-refractivity contribution in [2.75, 3.05) is 6.54 Å². The van der Waals surface area contributed by atoms with Gasteiger partial charge in [-0.2, -0.15) is 13.2 Å². The number of para-hydroxylation sites is 1. The zero-order valence-electron chi connectivity index (χ0n) is 34.7. The largest absolute Gasteiger partial charge is 0.418 e. The molecule has 5 N–H and O–H groups in total. The summed E-state index contributed by atoms with van der Waals surface area (Å²) in [6.45, 7) is 14.0. The third-order valence-electron chi connectivity index (χ3n) is 11.4. The van der Waals surface area contributed by atoms with E-state index in [1.165, 1.54) is 30.3 Å². The van der Waals surface area contributed by atoms with Crippen LogP contribution in [-0.4, -0.2) is 67.9 Å². The van der Waals surface area contributed by atoms with Crippen LogP contribution in [0, 0.1) is 17.7 Å². The number of amides is 4. The number of H-pyrrole nitrogens is 1. The van der Waals surface area contributed by atoms with E-state index in [4.69, 9.17) is 0 Å². The monoisotopic (exact) mass is 826 g/mol. The second kappa shape index (κ2) is 18.3. The van der Waals surface area contributed by atoms with Crippen LogP contribution in [-0.2, 0) is 56.7 Å². The van der Waals surface area contributed by atoms with Crippen molar-refractivity contribution in [3.8, 4) is 0 Å². The van der Waals surface area contributed by atoms with E-state index in [9.17, 15) is 36.7 Å². The lowest BCUT2D eigenvalue weighted by Gasteiger charge is -2.39. The lowest BCUT2D eigenvalue weighted by Crippen LogP contribution is -2.67. The molecule has 0 saturated heterocycles. The number of rotatable bonds is 16. The van der Waals surface area contributed by atoms with Crippen molar-refractivity contribution in [2.24, 2.45) is 11.8 Å². The number of carbonyl (C=O) groups excluding carboxylic acids is 4. The molecule has 5 rings (SSSR count). The third kappa shape index (κ3) is 10.5. The number of aromatic amines is 1. The smallest absolute Gasteiger partial charge is 0.358 e. The highest BCUT2D eigenvalue weighted by Gasteiger charge is 2.47. The summed E-state index contributed by atoms with van der Waals surface area (Å²) >= 11 is 0. The van der Waals surface area contributed by atoms with Gasteiger partial charge in [0.05, 0.1) is 17.5 Å². The van der Waals surface area contributed by atoms with Crippen molar-refractivity contribution >= 4 is 34.5 Å². The Balaban J connectivity index is 1.42. The van der Waals surface area contributed by atoms with E-state index in [1.807, 2.05) is 41.5 Å². The lowest BCUT2D eigenvalue weighted by atomic mass is 9.78. The Kier molecular flexibility index (Phi) is 13.9. The van der Waals surface area contributed by atoms with Gasteiger partial charge in [0.2, 0.25) is 30.0 Å². The average molecular weight is 827 g/mol. The van der Waals surface area contributed by atoms with Crippen molar-refractivity contribution in [1.82, 2.24) is 41.4 Å². The Morgan fingerprint density at radius 3 is 2.25 bits per heavy atom. The van der Waals surface area contributed by atoms with Crippen LogP contribution in [0.4, 0.5) is 17.6 Å². The first kappa shape index (κ1) is 44.7. The Morgan fingerprint density at radius 1 is 0.949 bits per heavy atom. The summed E-state index contributed by atoms with van der Waals surface area (Å²) in [6.07, 6.45) is -1.84. The molecule has 1 aliphatic carbocycles. The number of carbonyl (C=O) groups is 4. The molecule has 1 aliphatic rings. The first-order valence-corrected chi connectivity index (χ1v) is 20.2. The molecule has 2 aromatic carbocycles. The van der Waals surface area contributed by atoms with Crippen LogP contribution in [0.2, 0.25) is 0 Å². The maximum Gasteiger partial charge on any atom is 0.418 e. The summed E-state index contributed by atoms with van der Waals surface area (Å²) in [7, 11) is 0. The van der Waals surface area contributed by atoms with Gasteiger partial charge in [0.25, 0.3) is 0 Å². The van der Waals surface area contributed by atoms with E-state index in [0.717, 1.165) is 6.07 Å². The van der Waals surface area contributed by atoms with Crippen LogP contribution in [0.1, 0.15) is 96.5 Å². The Morgan fingerprint density at radius 2 is 1.63 bits per heavy atom. The molecule has 320 valence electrons. The van der Waals surface area contributed by atoms with E-state index < -0.39 is 64.7 Å². The lowest BCUT2D eigenvalue weighted by molar-refractivity contribution is -0.806. The number of nitrogens with zero attached hydrogens (tertiary/aromatic N) is 4. The van der Waals surface area contributed by atoms with Gasteiger partial charge >= 0.3 is 6.18 Å². The first-order valence-electron chi connectivity index (χ1n) is 20.2. The fourth-order valence-corrected chi connectivity index (χ4v) is 7.34. The molecule has 5 atom stereocenters. The number of halogens is 4. The fourth-order valence-electron chi connectivity index (χ4n) is 7.34. The number of nitrogens with one attached hydrogen (secondary N) is 5. The van der Waals surface area contributed by atoms with Gasteiger partial charge < -0.3 is 26.3 Å². The van der Waals surface area contributed by atoms with Crippen LogP contribution >= 0.6 is 0 Å². The standard InChI is InChI=1S/C42H55F4N9O4/c1-8-25(3)34(37(57)47-20-13-21-54-24-55(53-52-54)40(5,6)7)50-39(59)41(19-18-32-29(23-41)28-15-12-16-30(36(28)48-32)42(44,45)46)51-38(58)35(26(4)9-2)49-33(56)22-27-14-10-11-17-31(27)43/h10-12,14-17,24-26,34-35,48H,8-9,13,18-23H2,1-7H3,(H3-,47,49,50,51,56,57,58,59)/p+1/t25?,26?,34-,35-,41+/m0/s1. The van der Waals surface area contributed by atoms with Gasteiger partial charge in [-0.05, 0) is 75.1 Å². The SMILES string of the molecule is CCC(C)[C@H](NC(=O)Cc1ccccc1F)C(=O)N[C@]1(C(=O)N[C@H](C(=O)NCCCn2c[n+](C(C)(C)C)nn2)C(C)CC)CCc2[nH]c3c(C(F)(F)F)cccc3c2C1. The summed E-state index contributed by atoms with van der Waals surface area (Å²) in [6, 6.07) is 7.45. The van der Waals surface area contributed by atoms with Crippen LogP contribution in [0.15, 0.2) is 48.8 Å². The average Bonchev–Trinajstić information content (AvgIpc) is 3.82. The summed E-state index contributed by atoms with van der Waals surface area (Å²) < 4.78 is 60.2. The third-order valence-corrected chi connectivity index (χ3v) is 11.4. The molecule has 0 radical (unpaired) electrons. The number of tetrazole rings is 1. The minimum absolute atomic E-state index is 0.0243.